The Morgan fingerprint density at radius 2 is 1.82 bits per heavy atom. The van der Waals surface area contributed by atoms with Crippen LogP contribution in [-0.2, 0) is 17.5 Å². The number of rotatable bonds is 4. The highest BCUT2D eigenvalue weighted by molar-refractivity contribution is 7.83. The van der Waals surface area contributed by atoms with Crippen molar-refractivity contribution in [3.8, 4) is 6.07 Å². The molecule has 39 heavy (non-hydrogen) atoms. The molecule has 3 aliphatic rings. The number of nitrogens with zero attached hydrogens (tertiary/aromatic N) is 5. The van der Waals surface area contributed by atoms with Gasteiger partial charge in [0.1, 0.15) is 22.5 Å². The number of hydrogen-bond acceptors (Lipinski definition) is 6. The first kappa shape index (κ1) is 27.5. The molecule has 1 unspecified atom stereocenters. The fourth-order valence-corrected chi connectivity index (χ4v) is 7.32. The molecular formula is C28H36FN7O2S. The lowest BCUT2D eigenvalue weighted by Gasteiger charge is -2.43. The molecule has 3 aromatic rings. The van der Waals surface area contributed by atoms with Crippen LogP contribution in [0.15, 0.2) is 40.2 Å². The molecule has 2 aliphatic heterocycles. The Morgan fingerprint density at radius 1 is 1.15 bits per heavy atom. The number of aromatic amines is 1. The minimum atomic E-state index is -1.18. The van der Waals surface area contributed by atoms with E-state index in [4.69, 9.17) is 10.4 Å². The number of hydrogen-bond donors (Lipinski definition) is 2. The van der Waals surface area contributed by atoms with Crippen LogP contribution >= 0.6 is 0 Å². The number of nitrogens with one attached hydrogen (secondary N) is 2. The Morgan fingerprint density at radius 3 is 2.46 bits per heavy atom. The third kappa shape index (κ3) is 5.38. The second-order valence-corrected chi connectivity index (χ2v) is 12.9. The number of alkyl halides is 1. The first-order valence-electron chi connectivity index (χ1n) is 13.5. The van der Waals surface area contributed by atoms with Gasteiger partial charge in [0.2, 0.25) is 0 Å². The Kier molecular flexibility index (Phi) is 7.64. The topological polar surface area (TPSA) is 110 Å². The fourth-order valence-electron chi connectivity index (χ4n) is 5.79. The maximum absolute atomic E-state index is 13.3. The van der Waals surface area contributed by atoms with Crippen molar-refractivity contribution in [2.24, 2.45) is 0 Å². The zero-order chi connectivity index (χ0) is 27.9. The quantitative estimate of drug-likeness (QED) is 0.482. The van der Waals surface area contributed by atoms with Crippen molar-refractivity contribution in [1.82, 2.24) is 24.0 Å². The number of halogens is 1. The molecule has 6 rings (SSSR count). The molecular weight excluding hydrogens is 517 g/mol. The zero-order valence-corrected chi connectivity index (χ0v) is 23.7. The highest BCUT2D eigenvalue weighted by Gasteiger charge is 2.36. The van der Waals surface area contributed by atoms with Crippen LogP contribution in [0.3, 0.4) is 0 Å². The largest absolute Gasteiger partial charge is 0.338 e. The number of nitriles is 1. The minimum absolute atomic E-state index is 0.175. The van der Waals surface area contributed by atoms with Crippen molar-refractivity contribution in [3.63, 3.8) is 0 Å². The lowest BCUT2D eigenvalue weighted by atomic mass is 9.88. The smallest absolute Gasteiger partial charge is 0.261 e. The van der Waals surface area contributed by atoms with Gasteiger partial charge in [-0.3, -0.25) is 14.4 Å². The van der Waals surface area contributed by atoms with E-state index < -0.39 is 17.2 Å². The van der Waals surface area contributed by atoms with Crippen molar-refractivity contribution in [2.45, 2.75) is 88.6 Å². The maximum atomic E-state index is 13.3. The second-order valence-electron chi connectivity index (χ2n) is 11.5. The predicted octanol–water partition coefficient (Wildman–Crippen LogP) is 4.77. The van der Waals surface area contributed by atoms with Gasteiger partial charge in [-0.25, -0.2) is 12.9 Å². The van der Waals surface area contributed by atoms with E-state index in [0.717, 1.165) is 47.3 Å². The summed E-state index contributed by atoms with van der Waals surface area (Å²) in [7, 11) is -1.18. The van der Waals surface area contributed by atoms with Crippen LogP contribution < -0.4 is 10.9 Å². The summed E-state index contributed by atoms with van der Waals surface area (Å²) in [6.45, 7) is 9.36. The van der Waals surface area contributed by atoms with Crippen LogP contribution in [0.4, 0.5) is 15.9 Å². The normalized spacial score (nSPS) is 23.9. The van der Waals surface area contributed by atoms with Crippen molar-refractivity contribution >= 4 is 33.4 Å². The molecule has 1 atom stereocenters. The van der Waals surface area contributed by atoms with E-state index in [-0.39, 0.29) is 17.1 Å². The van der Waals surface area contributed by atoms with Crippen molar-refractivity contribution < 1.29 is 8.60 Å². The lowest BCUT2D eigenvalue weighted by molar-refractivity contribution is 0.00876. The summed E-state index contributed by atoms with van der Waals surface area (Å²) >= 11 is 0. The fraction of sp³-hybridized carbons (Fsp3) is 0.536. The zero-order valence-electron chi connectivity index (χ0n) is 22.9. The molecule has 1 aliphatic carbocycles. The first-order chi connectivity index (χ1) is 18.6. The Labute approximate surface area is 230 Å². The molecule has 1 saturated carbocycles. The second kappa shape index (κ2) is 10.8. The van der Waals surface area contributed by atoms with Crippen molar-refractivity contribution in [2.75, 3.05) is 18.4 Å². The molecule has 0 bridgehead atoms. The molecule has 11 heteroatoms. The van der Waals surface area contributed by atoms with Crippen LogP contribution in [0.25, 0.3) is 10.9 Å². The maximum Gasteiger partial charge on any atom is 0.261 e. The molecule has 1 aromatic carbocycles. The van der Waals surface area contributed by atoms with Crippen LogP contribution in [0.1, 0.15) is 65.0 Å². The van der Waals surface area contributed by atoms with Gasteiger partial charge in [-0.05, 0) is 76.3 Å². The highest BCUT2D eigenvalue weighted by atomic mass is 32.2. The molecule has 208 valence electrons. The number of likely N-dealkylation sites (tertiary alicyclic amines) is 1. The number of anilines is 2. The molecule has 0 spiro atoms. The first-order valence-corrected chi connectivity index (χ1v) is 14.6. The molecule has 2 N–H and O–H groups in total. The van der Waals surface area contributed by atoms with Crippen molar-refractivity contribution in [1.29, 1.82) is 5.26 Å². The SMILES string of the molecule is CC#N.CC(C)(C)N1Cc2cc(Nc3nn(C4CCC(N5CC(F)C5)CC4)c4cc[nH]c(=O)c34)ccc2S1=O. The summed E-state index contributed by atoms with van der Waals surface area (Å²) in [4.78, 5) is 18.7. The van der Waals surface area contributed by atoms with Gasteiger partial charge in [-0.1, -0.05) is 0 Å². The van der Waals surface area contributed by atoms with Crippen molar-refractivity contribution in [3.05, 3.63) is 46.4 Å². The summed E-state index contributed by atoms with van der Waals surface area (Å²) in [5, 5.41) is 16.1. The van der Waals surface area contributed by atoms with Gasteiger partial charge < -0.3 is 10.3 Å². The van der Waals surface area contributed by atoms with E-state index in [9.17, 15) is 13.4 Å². The third-order valence-electron chi connectivity index (χ3n) is 7.80. The monoisotopic (exact) mass is 553 g/mol. The molecule has 4 heterocycles. The average molecular weight is 554 g/mol. The summed E-state index contributed by atoms with van der Waals surface area (Å²) in [6, 6.07) is 10.1. The van der Waals surface area contributed by atoms with E-state index in [0.29, 0.717) is 36.9 Å². The Balaban J connectivity index is 0.000000983. The average Bonchev–Trinajstić information content (AvgIpc) is 3.41. The summed E-state index contributed by atoms with van der Waals surface area (Å²) < 4.78 is 30.2. The Hall–Kier alpha value is -3.07. The number of pyridine rings is 1. The highest BCUT2D eigenvalue weighted by Crippen LogP contribution is 2.37. The Bertz CT molecular complexity index is 1470. The van der Waals surface area contributed by atoms with E-state index in [1.54, 1.807) is 12.3 Å². The van der Waals surface area contributed by atoms with Gasteiger partial charge in [-0.15, -0.1) is 0 Å². The van der Waals surface area contributed by atoms with Gasteiger partial charge in [0.25, 0.3) is 5.56 Å². The number of aromatic nitrogens is 3. The van der Waals surface area contributed by atoms with E-state index in [1.807, 2.05) is 33.3 Å². The molecule has 9 nitrogen and oxygen atoms in total. The van der Waals surface area contributed by atoms with Gasteiger partial charge in [-0.2, -0.15) is 10.4 Å². The minimum Gasteiger partial charge on any atom is -0.338 e. The van der Waals surface area contributed by atoms with Crippen LogP contribution in [0.5, 0.6) is 0 Å². The molecule has 0 amide bonds. The van der Waals surface area contributed by atoms with Crippen LogP contribution in [0, 0.1) is 11.3 Å². The van der Waals surface area contributed by atoms with Crippen LogP contribution in [-0.4, -0.2) is 59.0 Å². The number of H-pyrrole nitrogens is 1. The molecule has 2 aromatic heterocycles. The summed E-state index contributed by atoms with van der Waals surface area (Å²) in [5.74, 6) is 0.531. The summed E-state index contributed by atoms with van der Waals surface area (Å²) in [6.07, 6.45) is 4.93. The van der Waals surface area contributed by atoms with E-state index >= 15 is 0 Å². The number of benzene rings is 1. The van der Waals surface area contributed by atoms with Gasteiger partial charge >= 0.3 is 0 Å². The number of fused-ring (bicyclic) bond motifs is 2. The lowest BCUT2D eigenvalue weighted by Crippen LogP contribution is -2.54. The van der Waals surface area contributed by atoms with Crippen LogP contribution in [0.2, 0.25) is 0 Å². The molecule has 2 fully saturated rings. The summed E-state index contributed by atoms with van der Waals surface area (Å²) in [5.41, 5.74) is 2.27. The standard InChI is InChI=1S/C26H33FN6O2S.C2H3N/c1-26(2,3)32-13-16-12-18(4-9-22(16)36(32)35)29-24-23-21(10-11-28-25(23)34)33(30-24)20-7-5-19(6-8-20)31-14-17(27)15-31;1-2-3/h4,9-12,17,19-20H,5-8,13-15H2,1-3H3,(H,28,34)(H,29,30);1H3. The van der Waals surface area contributed by atoms with Gasteiger partial charge in [0, 0.05) is 50.0 Å². The molecule has 0 radical (unpaired) electrons. The molecule has 1 saturated heterocycles. The van der Waals surface area contributed by atoms with E-state index in [2.05, 4.69) is 36.0 Å². The van der Waals surface area contributed by atoms with Gasteiger partial charge in [0.15, 0.2) is 5.82 Å². The third-order valence-corrected chi connectivity index (χ3v) is 9.65. The van der Waals surface area contributed by atoms with E-state index in [1.165, 1.54) is 6.92 Å². The van der Waals surface area contributed by atoms with Gasteiger partial charge in [0.05, 0.1) is 22.5 Å². The predicted molar refractivity (Wildman–Crippen MR) is 151 cm³/mol.